The van der Waals surface area contributed by atoms with Crippen molar-refractivity contribution in [3.63, 3.8) is 0 Å². The van der Waals surface area contributed by atoms with E-state index in [1.165, 1.54) is 0 Å². The molecule has 0 fully saturated rings. The zero-order chi connectivity index (χ0) is 12.8. The molecular weight excluding hydrogens is 356 g/mol. The molecule has 0 aliphatic heterocycles. The van der Waals surface area contributed by atoms with Gasteiger partial charge in [-0.1, -0.05) is 56.1 Å². The third kappa shape index (κ3) is 4.20. The Morgan fingerprint density at radius 3 is 1.28 bits per heavy atom. The smallest absolute Gasteiger partial charge is 0.0568 e. The molecule has 2 rings (SSSR count). The molecule has 0 spiro atoms. The first-order chi connectivity index (χ1) is 8.74. The summed E-state index contributed by atoms with van der Waals surface area (Å²) in [6.07, 6.45) is 3.45. The Bertz CT molecular complexity index is 504. The summed E-state index contributed by atoms with van der Waals surface area (Å²) in [5, 5.41) is 8.01. The SMILES string of the molecule is Brc1ccc(/C=N\N=C\c2ccc(Br)cc2)cc1. The van der Waals surface area contributed by atoms with Crippen LogP contribution in [-0.4, -0.2) is 12.4 Å². The van der Waals surface area contributed by atoms with Crippen molar-refractivity contribution in [2.24, 2.45) is 10.2 Å². The summed E-state index contributed by atoms with van der Waals surface area (Å²) < 4.78 is 2.11. The third-order valence-corrected chi connectivity index (χ3v) is 3.28. The second kappa shape index (κ2) is 6.61. The molecule has 2 aromatic carbocycles. The van der Waals surface area contributed by atoms with Gasteiger partial charge in [-0.15, -0.1) is 0 Å². The number of nitrogens with zero attached hydrogens (tertiary/aromatic N) is 2. The Morgan fingerprint density at radius 2 is 0.944 bits per heavy atom. The maximum atomic E-state index is 4.01. The molecule has 0 bridgehead atoms. The fourth-order valence-electron chi connectivity index (χ4n) is 1.30. The van der Waals surface area contributed by atoms with Gasteiger partial charge in [0.15, 0.2) is 0 Å². The summed E-state index contributed by atoms with van der Waals surface area (Å²) in [5.41, 5.74) is 2.04. The van der Waals surface area contributed by atoms with E-state index >= 15 is 0 Å². The first-order valence-electron chi connectivity index (χ1n) is 5.31. The molecule has 0 radical (unpaired) electrons. The molecule has 4 heteroatoms. The third-order valence-electron chi connectivity index (χ3n) is 2.22. The first kappa shape index (κ1) is 13.2. The van der Waals surface area contributed by atoms with E-state index in [1.54, 1.807) is 12.4 Å². The van der Waals surface area contributed by atoms with E-state index in [1.807, 2.05) is 48.5 Å². The zero-order valence-electron chi connectivity index (χ0n) is 9.42. The lowest BCUT2D eigenvalue weighted by Crippen LogP contribution is -1.81. The Morgan fingerprint density at radius 1 is 0.611 bits per heavy atom. The van der Waals surface area contributed by atoms with Gasteiger partial charge in [0.25, 0.3) is 0 Å². The van der Waals surface area contributed by atoms with Crippen LogP contribution >= 0.6 is 31.9 Å². The van der Waals surface area contributed by atoms with Crippen molar-refractivity contribution in [1.29, 1.82) is 0 Å². The van der Waals surface area contributed by atoms with Crippen molar-refractivity contribution < 1.29 is 0 Å². The lowest BCUT2D eigenvalue weighted by atomic mass is 10.2. The highest BCUT2D eigenvalue weighted by molar-refractivity contribution is 9.10. The molecule has 90 valence electrons. The molecule has 2 nitrogen and oxygen atoms in total. The number of benzene rings is 2. The monoisotopic (exact) mass is 364 g/mol. The van der Waals surface area contributed by atoms with Gasteiger partial charge in [0.1, 0.15) is 0 Å². The molecule has 0 saturated heterocycles. The quantitative estimate of drug-likeness (QED) is 0.558. The fraction of sp³-hybridized carbons (Fsp3) is 0. The van der Waals surface area contributed by atoms with Gasteiger partial charge >= 0.3 is 0 Å². The highest BCUT2D eigenvalue weighted by atomic mass is 79.9. The van der Waals surface area contributed by atoms with Gasteiger partial charge in [0.2, 0.25) is 0 Å². The predicted molar refractivity (Wildman–Crippen MR) is 83.5 cm³/mol. The Hall–Kier alpha value is -1.26. The molecule has 0 amide bonds. The van der Waals surface area contributed by atoms with E-state index in [0.717, 1.165) is 20.1 Å². The van der Waals surface area contributed by atoms with Gasteiger partial charge in [0.05, 0.1) is 12.4 Å². The van der Waals surface area contributed by atoms with Crippen LogP contribution in [0.1, 0.15) is 11.1 Å². The number of hydrogen-bond acceptors (Lipinski definition) is 2. The molecule has 0 aromatic heterocycles. The lowest BCUT2D eigenvalue weighted by molar-refractivity contribution is 1.26. The molecule has 18 heavy (non-hydrogen) atoms. The minimum Gasteiger partial charge on any atom is -0.159 e. The van der Waals surface area contributed by atoms with Gasteiger partial charge in [-0.2, -0.15) is 10.2 Å². The highest BCUT2D eigenvalue weighted by Crippen LogP contribution is 2.10. The summed E-state index contributed by atoms with van der Waals surface area (Å²) in [6, 6.07) is 15.8. The number of rotatable bonds is 3. The van der Waals surface area contributed by atoms with Gasteiger partial charge in [0, 0.05) is 8.95 Å². The average molecular weight is 366 g/mol. The number of halogens is 2. The van der Waals surface area contributed by atoms with Crippen LogP contribution in [0.4, 0.5) is 0 Å². The van der Waals surface area contributed by atoms with Crippen molar-refractivity contribution in [2.75, 3.05) is 0 Å². The van der Waals surface area contributed by atoms with Gasteiger partial charge in [-0.25, -0.2) is 0 Å². The van der Waals surface area contributed by atoms with E-state index < -0.39 is 0 Å². The summed E-state index contributed by atoms with van der Waals surface area (Å²) in [7, 11) is 0. The van der Waals surface area contributed by atoms with Gasteiger partial charge < -0.3 is 0 Å². The van der Waals surface area contributed by atoms with Crippen LogP contribution < -0.4 is 0 Å². The zero-order valence-corrected chi connectivity index (χ0v) is 12.6. The topological polar surface area (TPSA) is 24.7 Å². The van der Waals surface area contributed by atoms with Crippen molar-refractivity contribution in [2.45, 2.75) is 0 Å². The van der Waals surface area contributed by atoms with Gasteiger partial charge in [-0.3, -0.25) is 0 Å². The average Bonchev–Trinajstić information content (AvgIpc) is 2.39. The molecule has 0 saturated carbocycles. The van der Waals surface area contributed by atoms with Crippen LogP contribution in [0.25, 0.3) is 0 Å². The van der Waals surface area contributed by atoms with Crippen LogP contribution in [-0.2, 0) is 0 Å². The molecule has 0 unspecified atom stereocenters. The maximum absolute atomic E-state index is 4.01. The van der Waals surface area contributed by atoms with E-state index in [4.69, 9.17) is 0 Å². The molecule has 0 heterocycles. The fourth-order valence-corrected chi connectivity index (χ4v) is 1.83. The van der Waals surface area contributed by atoms with Crippen molar-refractivity contribution >= 4 is 44.3 Å². The number of hydrogen-bond donors (Lipinski definition) is 0. The normalized spacial score (nSPS) is 11.4. The molecule has 0 N–H and O–H groups in total. The summed E-state index contributed by atoms with van der Waals surface area (Å²) >= 11 is 6.77. The summed E-state index contributed by atoms with van der Waals surface area (Å²) in [4.78, 5) is 0. The molecule has 0 atom stereocenters. The van der Waals surface area contributed by atoms with Gasteiger partial charge in [-0.05, 0) is 35.4 Å². The van der Waals surface area contributed by atoms with E-state index in [2.05, 4.69) is 42.1 Å². The molecule has 2 aromatic rings. The second-order valence-corrected chi connectivity index (χ2v) is 5.42. The van der Waals surface area contributed by atoms with Crippen LogP contribution in [0.2, 0.25) is 0 Å². The molecular formula is C14H10Br2N2. The Kier molecular flexibility index (Phi) is 4.84. The predicted octanol–water partition coefficient (Wildman–Crippen LogP) is 4.66. The van der Waals surface area contributed by atoms with E-state index in [-0.39, 0.29) is 0 Å². The van der Waals surface area contributed by atoms with Crippen LogP contribution in [0.15, 0.2) is 67.7 Å². The minimum atomic E-state index is 1.02. The summed E-state index contributed by atoms with van der Waals surface area (Å²) in [6.45, 7) is 0. The van der Waals surface area contributed by atoms with E-state index in [0.29, 0.717) is 0 Å². The standard InChI is InChI=1S/C14H10Br2N2/c15-13-5-1-11(2-6-13)9-17-18-10-12-3-7-14(16)8-4-12/h1-10H/b17-9-,18-10+. The maximum Gasteiger partial charge on any atom is 0.0568 e. The summed E-state index contributed by atoms with van der Waals surface area (Å²) in [5.74, 6) is 0. The largest absolute Gasteiger partial charge is 0.159 e. The first-order valence-corrected chi connectivity index (χ1v) is 6.90. The lowest BCUT2D eigenvalue weighted by Gasteiger charge is -1.92. The molecule has 0 aliphatic rings. The minimum absolute atomic E-state index is 1.02. The highest BCUT2D eigenvalue weighted by Gasteiger charge is 1.88. The second-order valence-electron chi connectivity index (χ2n) is 3.59. The van der Waals surface area contributed by atoms with E-state index in [9.17, 15) is 0 Å². The van der Waals surface area contributed by atoms with Crippen LogP contribution in [0.3, 0.4) is 0 Å². The van der Waals surface area contributed by atoms with Crippen molar-refractivity contribution in [3.8, 4) is 0 Å². The Balaban J connectivity index is 1.98. The molecule has 0 aliphatic carbocycles. The van der Waals surface area contributed by atoms with Crippen molar-refractivity contribution in [1.82, 2.24) is 0 Å². The van der Waals surface area contributed by atoms with Crippen LogP contribution in [0, 0.1) is 0 Å². The van der Waals surface area contributed by atoms with Crippen LogP contribution in [0.5, 0.6) is 0 Å². The Labute approximate surface area is 123 Å². The van der Waals surface area contributed by atoms with Crippen molar-refractivity contribution in [3.05, 3.63) is 68.6 Å².